The fourth-order valence-electron chi connectivity index (χ4n) is 2.10. The van der Waals surface area contributed by atoms with Crippen molar-refractivity contribution in [2.75, 3.05) is 31.6 Å². The Kier molecular flexibility index (Phi) is 4.29. The van der Waals surface area contributed by atoms with E-state index in [-0.39, 0.29) is 30.7 Å². The summed E-state index contributed by atoms with van der Waals surface area (Å²) in [4.78, 5) is 13.5. The van der Waals surface area contributed by atoms with Crippen LogP contribution in [-0.4, -0.2) is 42.2 Å². The molecule has 0 unspecified atom stereocenters. The summed E-state index contributed by atoms with van der Waals surface area (Å²) >= 11 is 0. The van der Waals surface area contributed by atoms with Crippen LogP contribution in [0.25, 0.3) is 0 Å². The first kappa shape index (κ1) is 14.8. The molecular weight excluding hydrogens is 273 g/mol. The zero-order chi connectivity index (χ0) is 14.8. The lowest BCUT2D eigenvalue weighted by Gasteiger charge is -2.37. The topological polar surface area (TPSA) is 52.6 Å². The van der Waals surface area contributed by atoms with E-state index in [9.17, 15) is 18.0 Å². The summed E-state index contributed by atoms with van der Waals surface area (Å²) in [6.07, 6.45) is -4.42. The second-order valence-corrected chi connectivity index (χ2v) is 4.87. The summed E-state index contributed by atoms with van der Waals surface area (Å²) in [7, 11) is 0. The van der Waals surface area contributed by atoms with E-state index in [1.807, 2.05) is 4.90 Å². The molecular formula is C13H15F3N2O2. The number of nitrogens with one attached hydrogen (secondary N) is 1. The number of hydrogen-bond acceptors (Lipinski definition) is 3. The fourth-order valence-corrected chi connectivity index (χ4v) is 2.10. The largest absolute Gasteiger partial charge is 0.416 e. The Balaban J connectivity index is 1.88. The SMILES string of the molecule is O=C(CN1CC(CO)C1)Nc1cccc(C(F)(F)F)c1. The highest BCUT2D eigenvalue weighted by Gasteiger charge is 2.31. The standard InChI is InChI=1S/C13H15F3N2O2/c14-13(15,16)10-2-1-3-11(4-10)17-12(20)7-18-5-9(6-18)8-19/h1-4,9,19H,5-8H2,(H,17,20). The summed E-state index contributed by atoms with van der Waals surface area (Å²) < 4.78 is 37.5. The quantitative estimate of drug-likeness (QED) is 0.884. The molecule has 0 aliphatic carbocycles. The third-order valence-electron chi connectivity index (χ3n) is 3.13. The molecule has 20 heavy (non-hydrogen) atoms. The van der Waals surface area contributed by atoms with Crippen molar-refractivity contribution in [3.05, 3.63) is 29.8 Å². The number of aliphatic hydroxyl groups excluding tert-OH is 1. The number of aliphatic hydroxyl groups is 1. The van der Waals surface area contributed by atoms with Gasteiger partial charge in [0.1, 0.15) is 0 Å². The van der Waals surface area contributed by atoms with Gasteiger partial charge in [0.25, 0.3) is 0 Å². The molecule has 110 valence electrons. The van der Waals surface area contributed by atoms with E-state index in [2.05, 4.69) is 5.32 Å². The van der Waals surface area contributed by atoms with E-state index in [4.69, 9.17) is 5.11 Å². The van der Waals surface area contributed by atoms with Gasteiger partial charge in [-0.2, -0.15) is 13.2 Å². The third-order valence-corrected chi connectivity index (χ3v) is 3.13. The molecule has 4 nitrogen and oxygen atoms in total. The highest BCUT2D eigenvalue weighted by atomic mass is 19.4. The van der Waals surface area contributed by atoms with E-state index < -0.39 is 11.7 Å². The first-order chi connectivity index (χ1) is 9.38. The average Bonchev–Trinajstić information content (AvgIpc) is 2.32. The molecule has 1 aliphatic rings. The van der Waals surface area contributed by atoms with Gasteiger partial charge in [-0.1, -0.05) is 6.07 Å². The maximum absolute atomic E-state index is 12.5. The molecule has 0 bridgehead atoms. The molecule has 1 fully saturated rings. The van der Waals surface area contributed by atoms with Gasteiger partial charge in [-0.25, -0.2) is 0 Å². The van der Waals surface area contributed by atoms with Crippen LogP contribution in [-0.2, 0) is 11.0 Å². The number of halogens is 3. The first-order valence-corrected chi connectivity index (χ1v) is 6.19. The molecule has 1 heterocycles. The van der Waals surface area contributed by atoms with Crippen molar-refractivity contribution in [1.29, 1.82) is 0 Å². The van der Waals surface area contributed by atoms with Crippen LogP contribution in [0.4, 0.5) is 18.9 Å². The van der Waals surface area contributed by atoms with E-state index in [1.54, 1.807) is 0 Å². The lowest BCUT2D eigenvalue weighted by Crippen LogP contribution is -2.51. The first-order valence-electron chi connectivity index (χ1n) is 6.19. The number of benzene rings is 1. The minimum atomic E-state index is -4.42. The van der Waals surface area contributed by atoms with E-state index in [1.165, 1.54) is 12.1 Å². The number of anilines is 1. The summed E-state index contributed by atoms with van der Waals surface area (Å²) in [5.41, 5.74) is -0.663. The molecule has 1 aromatic carbocycles. The molecule has 2 rings (SSSR count). The van der Waals surface area contributed by atoms with Gasteiger partial charge >= 0.3 is 6.18 Å². The molecule has 1 saturated heterocycles. The minimum Gasteiger partial charge on any atom is -0.396 e. The molecule has 0 atom stereocenters. The Morgan fingerprint density at radius 3 is 2.70 bits per heavy atom. The van der Waals surface area contributed by atoms with Crippen molar-refractivity contribution in [1.82, 2.24) is 4.90 Å². The number of carbonyl (C=O) groups is 1. The molecule has 2 N–H and O–H groups in total. The Morgan fingerprint density at radius 1 is 1.40 bits per heavy atom. The van der Waals surface area contributed by atoms with E-state index in [0.29, 0.717) is 13.1 Å². The van der Waals surface area contributed by atoms with Crippen molar-refractivity contribution >= 4 is 11.6 Å². The molecule has 0 saturated carbocycles. The van der Waals surface area contributed by atoms with Crippen molar-refractivity contribution in [2.24, 2.45) is 5.92 Å². The Bertz CT molecular complexity index is 485. The van der Waals surface area contributed by atoms with E-state index in [0.717, 1.165) is 12.1 Å². The maximum atomic E-state index is 12.5. The summed E-state index contributed by atoms with van der Waals surface area (Å²) in [5, 5.41) is 11.3. The van der Waals surface area contributed by atoms with Crippen molar-refractivity contribution < 1.29 is 23.1 Å². The molecule has 0 spiro atoms. The lowest BCUT2D eigenvalue weighted by atomic mass is 10.0. The molecule has 0 aromatic heterocycles. The predicted octanol–water partition coefficient (Wildman–Crippen LogP) is 1.57. The van der Waals surface area contributed by atoms with Gasteiger partial charge in [0.05, 0.1) is 12.1 Å². The Morgan fingerprint density at radius 2 is 2.10 bits per heavy atom. The summed E-state index contributed by atoms with van der Waals surface area (Å²) in [5.74, 6) is -0.169. The third kappa shape index (κ3) is 3.71. The maximum Gasteiger partial charge on any atom is 0.416 e. The molecule has 1 amide bonds. The van der Waals surface area contributed by atoms with Crippen LogP contribution in [0.1, 0.15) is 5.56 Å². The zero-order valence-electron chi connectivity index (χ0n) is 10.7. The Labute approximate surface area is 114 Å². The van der Waals surface area contributed by atoms with Crippen LogP contribution >= 0.6 is 0 Å². The second-order valence-electron chi connectivity index (χ2n) is 4.87. The van der Waals surface area contributed by atoms with Crippen LogP contribution in [0.2, 0.25) is 0 Å². The molecule has 7 heteroatoms. The number of amides is 1. The number of nitrogens with zero attached hydrogens (tertiary/aromatic N) is 1. The van der Waals surface area contributed by atoms with Crippen molar-refractivity contribution in [2.45, 2.75) is 6.18 Å². The normalized spacial score (nSPS) is 16.8. The van der Waals surface area contributed by atoms with Gasteiger partial charge in [-0.15, -0.1) is 0 Å². The van der Waals surface area contributed by atoms with Crippen LogP contribution in [0.3, 0.4) is 0 Å². The van der Waals surface area contributed by atoms with Crippen LogP contribution in [0.5, 0.6) is 0 Å². The van der Waals surface area contributed by atoms with Crippen LogP contribution in [0, 0.1) is 5.92 Å². The molecule has 1 aliphatic heterocycles. The minimum absolute atomic E-state index is 0.0890. The number of alkyl halides is 3. The van der Waals surface area contributed by atoms with Crippen LogP contribution in [0.15, 0.2) is 24.3 Å². The fraction of sp³-hybridized carbons (Fsp3) is 0.462. The van der Waals surface area contributed by atoms with Gasteiger partial charge in [0.2, 0.25) is 5.91 Å². The van der Waals surface area contributed by atoms with Gasteiger partial charge in [0.15, 0.2) is 0 Å². The Hall–Kier alpha value is -1.60. The van der Waals surface area contributed by atoms with E-state index >= 15 is 0 Å². The highest BCUT2D eigenvalue weighted by Crippen LogP contribution is 2.30. The molecule has 0 radical (unpaired) electrons. The highest BCUT2D eigenvalue weighted by molar-refractivity contribution is 5.92. The average molecular weight is 288 g/mol. The number of hydrogen-bond donors (Lipinski definition) is 2. The van der Waals surface area contributed by atoms with Crippen molar-refractivity contribution in [3.8, 4) is 0 Å². The summed E-state index contributed by atoms with van der Waals surface area (Å²) in [6.45, 7) is 1.47. The zero-order valence-corrected chi connectivity index (χ0v) is 10.7. The molecule has 1 aromatic rings. The summed E-state index contributed by atoms with van der Waals surface area (Å²) in [6, 6.07) is 4.53. The number of likely N-dealkylation sites (tertiary alicyclic amines) is 1. The smallest absolute Gasteiger partial charge is 0.396 e. The monoisotopic (exact) mass is 288 g/mol. The van der Waals surface area contributed by atoms with Gasteiger partial charge in [-0.3, -0.25) is 9.69 Å². The van der Waals surface area contributed by atoms with Gasteiger partial charge < -0.3 is 10.4 Å². The lowest BCUT2D eigenvalue weighted by molar-refractivity contribution is -0.137. The van der Waals surface area contributed by atoms with Crippen molar-refractivity contribution in [3.63, 3.8) is 0 Å². The number of rotatable bonds is 4. The number of carbonyl (C=O) groups excluding carboxylic acids is 1. The van der Waals surface area contributed by atoms with Gasteiger partial charge in [0, 0.05) is 31.3 Å². The second kappa shape index (κ2) is 5.80. The predicted molar refractivity (Wildman–Crippen MR) is 67.1 cm³/mol. The van der Waals surface area contributed by atoms with Gasteiger partial charge in [-0.05, 0) is 18.2 Å². The van der Waals surface area contributed by atoms with Crippen LogP contribution < -0.4 is 5.32 Å².